The maximum atomic E-state index is 11.7. The summed E-state index contributed by atoms with van der Waals surface area (Å²) in [7, 11) is 0. The van der Waals surface area contributed by atoms with Gasteiger partial charge in [-0.25, -0.2) is 4.79 Å². The lowest BCUT2D eigenvalue weighted by molar-refractivity contribution is -0.141. The Labute approximate surface area is 113 Å². The van der Waals surface area contributed by atoms with Gasteiger partial charge in [-0.05, 0) is 43.9 Å². The zero-order valence-corrected chi connectivity index (χ0v) is 11.2. The number of likely N-dealkylation sites (tertiary alicyclic amines) is 1. The van der Waals surface area contributed by atoms with Gasteiger partial charge >= 0.3 is 5.97 Å². The fourth-order valence-electron chi connectivity index (χ4n) is 2.92. The third-order valence-corrected chi connectivity index (χ3v) is 4.17. The molecule has 1 unspecified atom stereocenters. The maximum absolute atomic E-state index is 11.7. The van der Waals surface area contributed by atoms with E-state index in [2.05, 4.69) is 10.2 Å². The van der Waals surface area contributed by atoms with Crippen molar-refractivity contribution in [3.05, 3.63) is 29.8 Å². The lowest BCUT2D eigenvalue weighted by Crippen LogP contribution is -2.49. The van der Waals surface area contributed by atoms with E-state index in [1.165, 1.54) is 12.8 Å². The number of hydrogen-bond acceptors (Lipinski definition) is 3. The van der Waals surface area contributed by atoms with Crippen LogP contribution in [0.25, 0.3) is 0 Å². The van der Waals surface area contributed by atoms with Crippen molar-refractivity contribution in [2.45, 2.75) is 37.8 Å². The third-order valence-electron chi connectivity index (χ3n) is 4.17. The van der Waals surface area contributed by atoms with Gasteiger partial charge in [0, 0.05) is 24.8 Å². The summed E-state index contributed by atoms with van der Waals surface area (Å²) in [6, 6.07) is 8.55. The predicted molar refractivity (Wildman–Crippen MR) is 74.4 cm³/mol. The molecule has 1 aliphatic carbocycles. The van der Waals surface area contributed by atoms with E-state index in [0.717, 1.165) is 17.8 Å². The summed E-state index contributed by atoms with van der Waals surface area (Å²) in [6.07, 6.45) is 3.12. The first-order chi connectivity index (χ1) is 9.09. The van der Waals surface area contributed by atoms with E-state index in [9.17, 15) is 9.90 Å². The summed E-state index contributed by atoms with van der Waals surface area (Å²) in [5, 5.41) is 12.9. The van der Waals surface area contributed by atoms with Crippen molar-refractivity contribution < 1.29 is 9.90 Å². The molecule has 2 fully saturated rings. The molecule has 1 aliphatic heterocycles. The summed E-state index contributed by atoms with van der Waals surface area (Å²) >= 11 is 0. The van der Waals surface area contributed by atoms with Crippen LogP contribution >= 0.6 is 0 Å². The average molecular weight is 260 g/mol. The van der Waals surface area contributed by atoms with Crippen LogP contribution in [0.15, 0.2) is 24.3 Å². The molecule has 0 aromatic heterocycles. The van der Waals surface area contributed by atoms with E-state index in [0.29, 0.717) is 19.0 Å². The molecule has 19 heavy (non-hydrogen) atoms. The Morgan fingerprint density at radius 3 is 2.89 bits per heavy atom. The Morgan fingerprint density at radius 2 is 2.26 bits per heavy atom. The summed E-state index contributed by atoms with van der Waals surface area (Å²) < 4.78 is 0. The van der Waals surface area contributed by atoms with Gasteiger partial charge < -0.3 is 10.4 Å². The third kappa shape index (κ3) is 2.45. The van der Waals surface area contributed by atoms with E-state index >= 15 is 0 Å². The number of carbonyl (C=O) groups is 1. The molecular weight excluding hydrogens is 240 g/mol. The molecule has 1 heterocycles. The maximum Gasteiger partial charge on any atom is 0.330 e. The van der Waals surface area contributed by atoms with E-state index in [1.54, 1.807) is 0 Å². The number of nitrogens with zero attached hydrogens (tertiary/aromatic N) is 1. The van der Waals surface area contributed by atoms with Crippen LogP contribution in [-0.2, 0) is 4.79 Å². The topological polar surface area (TPSA) is 52.6 Å². The number of carboxylic acids is 1. The van der Waals surface area contributed by atoms with Crippen molar-refractivity contribution in [2.75, 3.05) is 18.4 Å². The summed E-state index contributed by atoms with van der Waals surface area (Å²) in [4.78, 5) is 14.0. The smallest absolute Gasteiger partial charge is 0.330 e. The Bertz CT molecular complexity index is 499. The van der Waals surface area contributed by atoms with Crippen LogP contribution in [0.4, 0.5) is 5.69 Å². The molecule has 1 saturated carbocycles. The second-order valence-electron chi connectivity index (χ2n) is 5.83. The fraction of sp³-hybridized carbons (Fsp3) is 0.533. The van der Waals surface area contributed by atoms with Gasteiger partial charge in [0.15, 0.2) is 0 Å². The van der Waals surface area contributed by atoms with Crippen LogP contribution in [0.1, 0.15) is 24.8 Å². The molecule has 1 aromatic carbocycles. The number of carboxylic acid groups (broad SMARTS) is 1. The van der Waals surface area contributed by atoms with E-state index < -0.39 is 11.5 Å². The van der Waals surface area contributed by atoms with Gasteiger partial charge in [-0.2, -0.15) is 0 Å². The summed E-state index contributed by atoms with van der Waals surface area (Å²) in [6.45, 7) is 3.51. The number of hydrogen-bond donors (Lipinski definition) is 2. The number of aryl methyl sites for hydroxylation is 1. The second-order valence-corrected chi connectivity index (χ2v) is 5.83. The Kier molecular flexibility index (Phi) is 2.97. The van der Waals surface area contributed by atoms with Crippen molar-refractivity contribution in [2.24, 2.45) is 0 Å². The second kappa shape index (κ2) is 4.53. The standard InChI is InChI=1S/C15H20N2O2/c1-11-3-2-4-12(9-11)16-15(14(18)19)7-8-17(10-15)13-5-6-13/h2-4,9,13,16H,5-8,10H2,1H3,(H,18,19). The number of nitrogens with one attached hydrogen (secondary N) is 1. The van der Waals surface area contributed by atoms with Crippen molar-refractivity contribution in [1.82, 2.24) is 4.90 Å². The van der Waals surface area contributed by atoms with Crippen molar-refractivity contribution in [3.63, 3.8) is 0 Å². The van der Waals surface area contributed by atoms with Gasteiger partial charge in [0.05, 0.1) is 0 Å². The first-order valence-corrected chi connectivity index (χ1v) is 6.91. The molecule has 2 N–H and O–H groups in total. The van der Waals surface area contributed by atoms with Gasteiger partial charge in [-0.1, -0.05) is 12.1 Å². The Morgan fingerprint density at radius 1 is 1.47 bits per heavy atom. The highest BCUT2D eigenvalue weighted by Gasteiger charge is 2.48. The zero-order valence-electron chi connectivity index (χ0n) is 11.2. The molecule has 0 spiro atoms. The minimum Gasteiger partial charge on any atom is -0.479 e. The van der Waals surface area contributed by atoms with Gasteiger partial charge in [0.1, 0.15) is 5.54 Å². The Hall–Kier alpha value is -1.55. The molecule has 1 saturated heterocycles. The van der Waals surface area contributed by atoms with Crippen molar-refractivity contribution in [3.8, 4) is 0 Å². The normalized spacial score (nSPS) is 27.4. The highest BCUT2D eigenvalue weighted by Crippen LogP contribution is 2.35. The first kappa shape index (κ1) is 12.5. The quantitative estimate of drug-likeness (QED) is 0.870. The molecule has 0 bridgehead atoms. The lowest BCUT2D eigenvalue weighted by atomic mass is 9.98. The largest absolute Gasteiger partial charge is 0.479 e. The summed E-state index contributed by atoms with van der Waals surface area (Å²) in [5.74, 6) is -0.739. The molecule has 2 aliphatic rings. The fourth-order valence-corrected chi connectivity index (χ4v) is 2.92. The van der Waals surface area contributed by atoms with Gasteiger partial charge in [-0.15, -0.1) is 0 Å². The summed E-state index contributed by atoms with van der Waals surface area (Å²) in [5.41, 5.74) is 1.22. The molecule has 1 atom stereocenters. The van der Waals surface area contributed by atoms with Crippen LogP contribution in [0.5, 0.6) is 0 Å². The van der Waals surface area contributed by atoms with Crippen LogP contribution in [-0.4, -0.2) is 40.6 Å². The van der Waals surface area contributed by atoms with E-state index in [-0.39, 0.29) is 0 Å². The van der Waals surface area contributed by atoms with E-state index in [4.69, 9.17) is 0 Å². The molecule has 102 valence electrons. The van der Waals surface area contributed by atoms with Crippen LogP contribution in [0.3, 0.4) is 0 Å². The van der Waals surface area contributed by atoms with Crippen LogP contribution in [0, 0.1) is 6.92 Å². The van der Waals surface area contributed by atoms with E-state index in [1.807, 2.05) is 31.2 Å². The molecule has 0 amide bonds. The predicted octanol–water partition coefficient (Wildman–Crippen LogP) is 2.10. The van der Waals surface area contributed by atoms with Crippen molar-refractivity contribution >= 4 is 11.7 Å². The highest BCUT2D eigenvalue weighted by molar-refractivity contribution is 5.83. The van der Waals surface area contributed by atoms with Gasteiger partial charge in [0.25, 0.3) is 0 Å². The van der Waals surface area contributed by atoms with Crippen LogP contribution in [0.2, 0.25) is 0 Å². The minimum absolute atomic E-state index is 0.612. The van der Waals surface area contributed by atoms with Gasteiger partial charge in [-0.3, -0.25) is 4.90 Å². The molecule has 3 rings (SSSR count). The number of anilines is 1. The van der Waals surface area contributed by atoms with Crippen LogP contribution < -0.4 is 5.32 Å². The number of benzene rings is 1. The first-order valence-electron chi connectivity index (χ1n) is 6.91. The van der Waals surface area contributed by atoms with Crippen molar-refractivity contribution in [1.29, 1.82) is 0 Å². The Balaban J connectivity index is 1.79. The molecule has 4 nitrogen and oxygen atoms in total. The van der Waals surface area contributed by atoms with Gasteiger partial charge in [0.2, 0.25) is 0 Å². The monoisotopic (exact) mass is 260 g/mol. The average Bonchev–Trinajstić information content (AvgIpc) is 3.12. The molecule has 0 radical (unpaired) electrons. The molecule has 4 heteroatoms. The minimum atomic E-state index is -0.823. The SMILES string of the molecule is Cc1cccc(NC2(C(=O)O)CCN(C3CC3)C2)c1. The zero-order chi connectivity index (χ0) is 13.5. The lowest BCUT2D eigenvalue weighted by Gasteiger charge is -2.27. The molecule has 1 aromatic rings. The highest BCUT2D eigenvalue weighted by atomic mass is 16.4. The number of aliphatic carboxylic acids is 1. The molecular formula is C15H20N2O2. The number of rotatable bonds is 4.